The van der Waals surface area contributed by atoms with Gasteiger partial charge in [-0.3, -0.25) is 10.1 Å². The second kappa shape index (κ2) is 6.37. The second-order valence-electron chi connectivity index (χ2n) is 5.04. The summed E-state index contributed by atoms with van der Waals surface area (Å²) in [6.07, 6.45) is 1.32. The van der Waals surface area contributed by atoms with E-state index in [2.05, 4.69) is 15.5 Å². The lowest BCUT2D eigenvalue weighted by Gasteiger charge is -2.04. The SMILES string of the molecule is CCn1c(N/N=C\c2cc([N+](=O)[O-])ccc2O)nc2ccccc21. The number of benzene rings is 2. The Morgan fingerprint density at radius 1 is 1.38 bits per heavy atom. The highest BCUT2D eigenvalue weighted by Crippen LogP contribution is 2.22. The van der Waals surface area contributed by atoms with Crippen LogP contribution in [0.1, 0.15) is 12.5 Å². The molecule has 1 aromatic heterocycles. The van der Waals surface area contributed by atoms with Crippen LogP contribution in [0.5, 0.6) is 5.75 Å². The maximum Gasteiger partial charge on any atom is 0.270 e. The number of nitro benzene ring substituents is 1. The van der Waals surface area contributed by atoms with Crippen LogP contribution in [0.4, 0.5) is 11.6 Å². The highest BCUT2D eigenvalue weighted by molar-refractivity contribution is 5.85. The first-order valence-corrected chi connectivity index (χ1v) is 7.32. The number of aryl methyl sites for hydroxylation is 1. The Labute approximate surface area is 137 Å². The van der Waals surface area contributed by atoms with Gasteiger partial charge in [-0.15, -0.1) is 0 Å². The van der Waals surface area contributed by atoms with Gasteiger partial charge >= 0.3 is 0 Å². The third-order valence-corrected chi connectivity index (χ3v) is 3.56. The number of non-ortho nitro benzene ring substituents is 1. The Morgan fingerprint density at radius 2 is 2.17 bits per heavy atom. The predicted molar refractivity (Wildman–Crippen MR) is 91.4 cm³/mol. The van der Waals surface area contributed by atoms with Crippen LogP contribution in [0, 0.1) is 10.1 Å². The molecule has 0 aliphatic carbocycles. The van der Waals surface area contributed by atoms with Gasteiger partial charge in [0.2, 0.25) is 5.95 Å². The van der Waals surface area contributed by atoms with Gasteiger partial charge in [0.15, 0.2) is 0 Å². The molecule has 0 bridgehead atoms. The van der Waals surface area contributed by atoms with Crippen molar-refractivity contribution in [1.29, 1.82) is 0 Å². The molecule has 24 heavy (non-hydrogen) atoms. The number of fused-ring (bicyclic) bond motifs is 1. The number of para-hydroxylation sites is 2. The van der Waals surface area contributed by atoms with Crippen molar-refractivity contribution in [2.75, 3.05) is 5.43 Å². The minimum Gasteiger partial charge on any atom is -0.507 e. The Hall–Kier alpha value is -3.42. The fourth-order valence-corrected chi connectivity index (χ4v) is 2.40. The molecule has 3 rings (SSSR count). The standard InChI is InChI=1S/C16H15N5O3/c1-2-20-14-6-4-3-5-13(14)18-16(20)19-17-10-11-9-12(21(23)24)7-8-15(11)22/h3-10,22H,2H2,1H3,(H,18,19)/b17-10-. The summed E-state index contributed by atoms with van der Waals surface area (Å²) in [4.78, 5) is 14.7. The Kier molecular flexibility index (Phi) is 4.11. The average Bonchev–Trinajstić information content (AvgIpc) is 2.93. The Balaban J connectivity index is 1.87. The highest BCUT2D eigenvalue weighted by Gasteiger charge is 2.10. The molecule has 3 aromatic rings. The van der Waals surface area contributed by atoms with E-state index < -0.39 is 4.92 Å². The van der Waals surface area contributed by atoms with E-state index in [9.17, 15) is 15.2 Å². The zero-order valence-corrected chi connectivity index (χ0v) is 12.9. The molecule has 0 aliphatic heterocycles. The Morgan fingerprint density at radius 3 is 2.92 bits per heavy atom. The van der Waals surface area contributed by atoms with Crippen LogP contribution in [-0.2, 0) is 6.54 Å². The molecule has 2 aromatic carbocycles. The van der Waals surface area contributed by atoms with Gasteiger partial charge in [-0.05, 0) is 25.1 Å². The van der Waals surface area contributed by atoms with E-state index >= 15 is 0 Å². The van der Waals surface area contributed by atoms with Gasteiger partial charge < -0.3 is 9.67 Å². The predicted octanol–water partition coefficient (Wildman–Crippen LogP) is 3.12. The van der Waals surface area contributed by atoms with Gasteiger partial charge in [-0.2, -0.15) is 5.10 Å². The number of hydrazone groups is 1. The summed E-state index contributed by atoms with van der Waals surface area (Å²) in [7, 11) is 0. The zero-order valence-electron chi connectivity index (χ0n) is 12.9. The average molecular weight is 325 g/mol. The van der Waals surface area contributed by atoms with Crippen LogP contribution in [-0.4, -0.2) is 25.8 Å². The van der Waals surface area contributed by atoms with E-state index in [1.807, 2.05) is 35.8 Å². The summed E-state index contributed by atoms with van der Waals surface area (Å²) in [6, 6.07) is 11.5. The molecular weight excluding hydrogens is 310 g/mol. The van der Waals surface area contributed by atoms with Gasteiger partial charge in [0.1, 0.15) is 5.75 Å². The molecule has 0 aliphatic rings. The minimum atomic E-state index is -0.527. The first-order valence-electron chi connectivity index (χ1n) is 7.32. The molecule has 122 valence electrons. The number of nitrogens with one attached hydrogen (secondary N) is 1. The minimum absolute atomic E-state index is 0.0878. The molecule has 0 fully saturated rings. The summed E-state index contributed by atoms with van der Waals surface area (Å²) >= 11 is 0. The third kappa shape index (κ3) is 2.89. The molecule has 8 nitrogen and oxygen atoms in total. The lowest BCUT2D eigenvalue weighted by atomic mass is 10.2. The van der Waals surface area contributed by atoms with Crippen molar-refractivity contribution in [3.8, 4) is 5.75 Å². The number of anilines is 1. The molecule has 0 radical (unpaired) electrons. The van der Waals surface area contributed by atoms with Crippen LogP contribution in [0.3, 0.4) is 0 Å². The number of aromatic hydroxyl groups is 1. The van der Waals surface area contributed by atoms with Gasteiger partial charge in [0.25, 0.3) is 5.69 Å². The monoisotopic (exact) mass is 325 g/mol. The van der Waals surface area contributed by atoms with Crippen molar-refractivity contribution in [1.82, 2.24) is 9.55 Å². The van der Waals surface area contributed by atoms with Crippen LogP contribution >= 0.6 is 0 Å². The number of imidazole rings is 1. The molecule has 0 atom stereocenters. The van der Waals surface area contributed by atoms with Crippen LogP contribution in [0.2, 0.25) is 0 Å². The van der Waals surface area contributed by atoms with Crippen molar-refractivity contribution < 1.29 is 10.0 Å². The summed E-state index contributed by atoms with van der Waals surface area (Å²) in [5.41, 5.74) is 4.77. The van der Waals surface area contributed by atoms with E-state index in [1.54, 1.807) is 0 Å². The summed E-state index contributed by atoms with van der Waals surface area (Å²) in [6.45, 7) is 2.70. The smallest absolute Gasteiger partial charge is 0.270 e. The second-order valence-corrected chi connectivity index (χ2v) is 5.04. The maximum absolute atomic E-state index is 10.8. The number of aromatic nitrogens is 2. The van der Waals surface area contributed by atoms with Crippen molar-refractivity contribution in [2.24, 2.45) is 5.10 Å². The van der Waals surface area contributed by atoms with Crippen LogP contribution in [0.15, 0.2) is 47.6 Å². The summed E-state index contributed by atoms with van der Waals surface area (Å²) in [5.74, 6) is 0.468. The summed E-state index contributed by atoms with van der Waals surface area (Å²) < 4.78 is 1.96. The first-order chi connectivity index (χ1) is 11.6. The maximum atomic E-state index is 10.8. The van der Waals surface area contributed by atoms with E-state index in [4.69, 9.17) is 0 Å². The van der Waals surface area contributed by atoms with Crippen molar-refractivity contribution in [3.63, 3.8) is 0 Å². The van der Waals surface area contributed by atoms with Crippen molar-refractivity contribution in [3.05, 3.63) is 58.1 Å². The molecule has 0 spiro atoms. The van der Waals surface area contributed by atoms with Gasteiger partial charge in [0.05, 0.1) is 22.2 Å². The number of nitrogens with zero attached hydrogens (tertiary/aromatic N) is 4. The lowest BCUT2D eigenvalue weighted by Crippen LogP contribution is -2.02. The lowest BCUT2D eigenvalue weighted by molar-refractivity contribution is -0.384. The largest absolute Gasteiger partial charge is 0.507 e. The molecule has 1 heterocycles. The molecule has 2 N–H and O–H groups in total. The van der Waals surface area contributed by atoms with Crippen LogP contribution < -0.4 is 5.43 Å². The van der Waals surface area contributed by atoms with Gasteiger partial charge in [0, 0.05) is 24.2 Å². The van der Waals surface area contributed by atoms with E-state index in [-0.39, 0.29) is 17.0 Å². The zero-order chi connectivity index (χ0) is 17.1. The van der Waals surface area contributed by atoms with Crippen molar-refractivity contribution in [2.45, 2.75) is 13.5 Å². The van der Waals surface area contributed by atoms with Gasteiger partial charge in [-0.1, -0.05) is 12.1 Å². The molecule has 0 amide bonds. The molecule has 0 saturated heterocycles. The normalized spacial score (nSPS) is 11.2. The Bertz CT molecular complexity index is 933. The van der Waals surface area contributed by atoms with Gasteiger partial charge in [-0.25, -0.2) is 10.4 Å². The first kappa shape index (κ1) is 15.5. The van der Waals surface area contributed by atoms with E-state index in [1.165, 1.54) is 24.4 Å². The number of rotatable bonds is 5. The molecule has 0 unspecified atom stereocenters. The number of phenols is 1. The van der Waals surface area contributed by atoms with Crippen LogP contribution in [0.25, 0.3) is 11.0 Å². The quantitative estimate of drug-likeness (QED) is 0.426. The summed E-state index contributed by atoms with van der Waals surface area (Å²) in [5, 5.41) is 24.6. The molecule has 8 heteroatoms. The fraction of sp³-hybridized carbons (Fsp3) is 0.125. The van der Waals surface area contributed by atoms with E-state index in [0.29, 0.717) is 12.5 Å². The third-order valence-electron chi connectivity index (χ3n) is 3.56. The van der Waals surface area contributed by atoms with E-state index in [0.717, 1.165) is 11.0 Å². The topological polar surface area (TPSA) is 106 Å². The number of phenolic OH excluding ortho intramolecular Hbond substituents is 1. The molecular formula is C16H15N5O3. The number of nitro groups is 1. The number of hydrogen-bond acceptors (Lipinski definition) is 6. The molecule has 0 saturated carbocycles. The highest BCUT2D eigenvalue weighted by atomic mass is 16.6. The number of hydrogen-bond donors (Lipinski definition) is 2. The fourth-order valence-electron chi connectivity index (χ4n) is 2.40. The van der Waals surface area contributed by atoms with Crippen molar-refractivity contribution >= 4 is 28.9 Å².